The fourth-order valence-electron chi connectivity index (χ4n) is 2.63. The van der Waals surface area contributed by atoms with Crippen molar-refractivity contribution in [1.82, 2.24) is 5.32 Å². The lowest BCUT2D eigenvalue weighted by atomic mass is 10.1. The van der Waals surface area contributed by atoms with Gasteiger partial charge in [0.15, 0.2) is 11.5 Å². The third-order valence-electron chi connectivity index (χ3n) is 3.83. The highest BCUT2D eigenvalue weighted by atomic mass is 35.5. The molecule has 128 valence electrons. The summed E-state index contributed by atoms with van der Waals surface area (Å²) in [5.41, 5.74) is 1.03. The molecule has 0 saturated carbocycles. The number of hydrogen-bond donors (Lipinski definition) is 1. The van der Waals surface area contributed by atoms with Crippen molar-refractivity contribution < 1.29 is 14.2 Å². The summed E-state index contributed by atoms with van der Waals surface area (Å²) in [6.45, 7) is 2.44. The maximum absolute atomic E-state index is 6.15. The highest BCUT2D eigenvalue weighted by Gasteiger charge is 2.18. The first-order valence-electron chi connectivity index (χ1n) is 7.78. The van der Waals surface area contributed by atoms with E-state index in [2.05, 4.69) is 5.32 Å². The van der Waals surface area contributed by atoms with Gasteiger partial charge in [-0.1, -0.05) is 29.3 Å². The SMILES string of the molecule is COc1cc(Cl)ccc1Oc1cc(Cl)ccc1C[C@H]1CNCCO1. The van der Waals surface area contributed by atoms with Gasteiger partial charge in [-0.15, -0.1) is 0 Å². The van der Waals surface area contributed by atoms with Crippen LogP contribution >= 0.6 is 23.2 Å². The third-order valence-corrected chi connectivity index (χ3v) is 4.30. The summed E-state index contributed by atoms with van der Waals surface area (Å²) in [5.74, 6) is 1.86. The number of benzene rings is 2. The molecule has 1 saturated heterocycles. The number of methoxy groups -OCH3 is 1. The zero-order valence-electron chi connectivity index (χ0n) is 13.4. The van der Waals surface area contributed by atoms with Gasteiger partial charge in [0.1, 0.15) is 5.75 Å². The molecule has 0 aliphatic carbocycles. The highest BCUT2D eigenvalue weighted by molar-refractivity contribution is 6.31. The molecule has 1 fully saturated rings. The van der Waals surface area contributed by atoms with Gasteiger partial charge in [-0.3, -0.25) is 0 Å². The van der Waals surface area contributed by atoms with E-state index in [0.717, 1.165) is 31.7 Å². The summed E-state index contributed by atoms with van der Waals surface area (Å²) in [5, 5.41) is 4.54. The van der Waals surface area contributed by atoms with Gasteiger partial charge in [0.25, 0.3) is 0 Å². The highest BCUT2D eigenvalue weighted by Crippen LogP contribution is 2.36. The quantitative estimate of drug-likeness (QED) is 0.853. The lowest BCUT2D eigenvalue weighted by molar-refractivity contribution is 0.0289. The molecule has 2 aromatic rings. The second kappa shape index (κ2) is 8.08. The van der Waals surface area contributed by atoms with Crippen molar-refractivity contribution in [3.63, 3.8) is 0 Å². The average molecular weight is 368 g/mol. The van der Waals surface area contributed by atoms with Crippen molar-refractivity contribution in [2.75, 3.05) is 26.8 Å². The molecular formula is C18H19Cl2NO3. The second-order valence-corrected chi connectivity index (χ2v) is 6.42. The van der Waals surface area contributed by atoms with E-state index in [1.807, 2.05) is 12.1 Å². The summed E-state index contributed by atoms with van der Waals surface area (Å²) in [6.07, 6.45) is 0.865. The minimum absolute atomic E-state index is 0.120. The van der Waals surface area contributed by atoms with Crippen LogP contribution in [0.3, 0.4) is 0 Å². The largest absolute Gasteiger partial charge is 0.493 e. The van der Waals surface area contributed by atoms with Crippen LogP contribution in [-0.2, 0) is 11.2 Å². The summed E-state index contributed by atoms with van der Waals surface area (Å²) in [6, 6.07) is 10.9. The van der Waals surface area contributed by atoms with Gasteiger partial charge in [0, 0.05) is 35.6 Å². The zero-order valence-corrected chi connectivity index (χ0v) is 14.9. The van der Waals surface area contributed by atoms with Gasteiger partial charge in [-0.25, -0.2) is 0 Å². The number of hydrogen-bond acceptors (Lipinski definition) is 4. The molecule has 0 aromatic heterocycles. The average Bonchev–Trinajstić information content (AvgIpc) is 2.59. The first-order valence-corrected chi connectivity index (χ1v) is 8.53. The molecule has 6 heteroatoms. The van der Waals surface area contributed by atoms with Crippen molar-refractivity contribution in [3.8, 4) is 17.2 Å². The minimum Gasteiger partial charge on any atom is -0.493 e. The first kappa shape index (κ1) is 17.4. The molecule has 1 aliphatic rings. The van der Waals surface area contributed by atoms with Gasteiger partial charge in [-0.05, 0) is 29.8 Å². The molecule has 3 rings (SSSR count). The number of ether oxygens (including phenoxy) is 3. The van der Waals surface area contributed by atoms with Gasteiger partial charge < -0.3 is 19.5 Å². The number of nitrogens with one attached hydrogen (secondary N) is 1. The minimum atomic E-state index is 0.120. The Kier molecular flexibility index (Phi) is 5.85. The fourth-order valence-corrected chi connectivity index (χ4v) is 2.96. The lowest BCUT2D eigenvalue weighted by Gasteiger charge is -2.24. The van der Waals surface area contributed by atoms with Crippen molar-refractivity contribution >= 4 is 23.2 Å². The third kappa shape index (κ3) is 4.33. The standard InChI is InChI=1S/C18H19Cl2NO3/c1-22-18-10-14(20)4-5-16(18)24-17-9-13(19)3-2-12(17)8-15-11-21-6-7-23-15/h2-5,9-10,15,21H,6-8,11H2,1H3/t15-/m0/s1. The predicted octanol–water partition coefficient (Wildman–Crippen LogP) is 4.33. The van der Waals surface area contributed by atoms with E-state index in [-0.39, 0.29) is 6.10 Å². The molecule has 2 aromatic carbocycles. The van der Waals surface area contributed by atoms with Crippen molar-refractivity contribution in [2.45, 2.75) is 12.5 Å². The normalized spacial score (nSPS) is 17.5. The van der Waals surface area contributed by atoms with Crippen LogP contribution < -0.4 is 14.8 Å². The van der Waals surface area contributed by atoms with E-state index in [9.17, 15) is 0 Å². The van der Waals surface area contributed by atoms with Crippen LogP contribution in [0.15, 0.2) is 36.4 Å². The van der Waals surface area contributed by atoms with Gasteiger partial charge in [0.05, 0.1) is 19.8 Å². The van der Waals surface area contributed by atoms with Crippen LogP contribution in [0, 0.1) is 0 Å². The van der Waals surface area contributed by atoms with Crippen molar-refractivity contribution in [3.05, 3.63) is 52.0 Å². The Bertz CT molecular complexity index is 703. The van der Waals surface area contributed by atoms with E-state index in [4.69, 9.17) is 37.4 Å². The Balaban J connectivity index is 1.85. The maximum Gasteiger partial charge on any atom is 0.169 e. The predicted molar refractivity (Wildman–Crippen MR) is 95.8 cm³/mol. The monoisotopic (exact) mass is 367 g/mol. The van der Waals surface area contributed by atoms with Gasteiger partial charge in [0.2, 0.25) is 0 Å². The lowest BCUT2D eigenvalue weighted by Crippen LogP contribution is -2.39. The number of morpholine rings is 1. The Morgan fingerprint density at radius 1 is 1.08 bits per heavy atom. The Labute approximate surface area is 151 Å². The molecule has 1 aliphatic heterocycles. The van der Waals surface area contributed by atoms with E-state index < -0.39 is 0 Å². The molecule has 0 unspecified atom stereocenters. The fraction of sp³-hybridized carbons (Fsp3) is 0.333. The Hall–Kier alpha value is -1.46. The molecule has 4 nitrogen and oxygen atoms in total. The van der Waals surface area contributed by atoms with Crippen molar-refractivity contribution in [2.24, 2.45) is 0 Å². The second-order valence-electron chi connectivity index (χ2n) is 5.55. The molecule has 1 heterocycles. The summed E-state index contributed by atoms with van der Waals surface area (Å²) in [7, 11) is 1.58. The van der Waals surface area contributed by atoms with Crippen LogP contribution in [0.25, 0.3) is 0 Å². The van der Waals surface area contributed by atoms with Crippen molar-refractivity contribution in [1.29, 1.82) is 0 Å². The van der Waals surface area contributed by atoms with E-state index in [1.165, 1.54) is 0 Å². The van der Waals surface area contributed by atoms with E-state index in [0.29, 0.717) is 27.3 Å². The Morgan fingerprint density at radius 2 is 1.83 bits per heavy atom. The zero-order chi connectivity index (χ0) is 16.9. The van der Waals surface area contributed by atoms with E-state index >= 15 is 0 Å². The Morgan fingerprint density at radius 3 is 2.54 bits per heavy atom. The molecule has 0 bridgehead atoms. The molecule has 0 amide bonds. The molecular weight excluding hydrogens is 349 g/mol. The molecule has 0 radical (unpaired) electrons. The smallest absolute Gasteiger partial charge is 0.169 e. The van der Waals surface area contributed by atoms with Crippen LogP contribution in [0.1, 0.15) is 5.56 Å². The van der Waals surface area contributed by atoms with Crippen LogP contribution in [0.4, 0.5) is 0 Å². The molecule has 1 atom stereocenters. The topological polar surface area (TPSA) is 39.7 Å². The first-order chi connectivity index (χ1) is 11.7. The van der Waals surface area contributed by atoms with Gasteiger partial charge in [-0.2, -0.15) is 0 Å². The number of halogens is 2. The van der Waals surface area contributed by atoms with Crippen LogP contribution in [-0.4, -0.2) is 32.9 Å². The maximum atomic E-state index is 6.15. The number of rotatable bonds is 5. The summed E-state index contributed by atoms with van der Waals surface area (Å²) < 4.78 is 17.2. The molecule has 1 N–H and O–H groups in total. The van der Waals surface area contributed by atoms with E-state index in [1.54, 1.807) is 31.4 Å². The molecule has 24 heavy (non-hydrogen) atoms. The van der Waals surface area contributed by atoms with Gasteiger partial charge >= 0.3 is 0 Å². The summed E-state index contributed by atoms with van der Waals surface area (Å²) in [4.78, 5) is 0. The summed E-state index contributed by atoms with van der Waals surface area (Å²) >= 11 is 12.2. The van der Waals surface area contributed by atoms with Crippen LogP contribution in [0.2, 0.25) is 10.0 Å². The van der Waals surface area contributed by atoms with Crippen LogP contribution in [0.5, 0.6) is 17.2 Å². The molecule has 0 spiro atoms.